The van der Waals surface area contributed by atoms with Gasteiger partial charge >= 0.3 is 0 Å². The Hall–Kier alpha value is -1.96. The number of hydrogen-bond donors (Lipinski definition) is 2. The summed E-state index contributed by atoms with van der Waals surface area (Å²) >= 11 is 1.68. The van der Waals surface area contributed by atoms with Crippen LogP contribution in [-0.4, -0.2) is 59.1 Å². The fourth-order valence-electron chi connectivity index (χ4n) is 3.46. The largest absolute Gasteiger partial charge is 0.393 e. The lowest BCUT2D eigenvalue weighted by Gasteiger charge is -2.29. The summed E-state index contributed by atoms with van der Waals surface area (Å²) in [6, 6.07) is 8.76. The number of rotatable bonds is 6. The fraction of sp³-hybridized carbons (Fsp3) is 0.524. The second-order valence-electron chi connectivity index (χ2n) is 7.44. The van der Waals surface area contributed by atoms with Crippen molar-refractivity contribution in [3.05, 3.63) is 51.5 Å². The molecule has 1 fully saturated rings. The maximum Gasteiger partial charge on any atom is 0.194 e. The molecule has 0 radical (unpaired) electrons. The summed E-state index contributed by atoms with van der Waals surface area (Å²) in [5.74, 6) is 0.863. The Morgan fingerprint density at radius 2 is 1.96 bits per heavy atom. The number of aliphatic hydroxyl groups excluding tert-OH is 1. The number of hydrogen-bond acceptors (Lipinski definition) is 5. The first kappa shape index (κ1) is 20.8. The molecule has 1 aliphatic rings. The number of aliphatic imine (C=N–C) groups is 1. The van der Waals surface area contributed by atoms with E-state index in [1.54, 1.807) is 11.3 Å². The van der Waals surface area contributed by atoms with Gasteiger partial charge in [0, 0.05) is 45.7 Å². The monoisotopic (exact) mass is 401 g/mol. The van der Waals surface area contributed by atoms with E-state index in [-0.39, 0.29) is 6.10 Å². The number of nitrogens with one attached hydrogen (secondary N) is 1. The van der Waals surface area contributed by atoms with Crippen LogP contribution in [0.4, 0.5) is 0 Å². The number of nitrogens with zero attached hydrogens (tertiary/aromatic N) is 4. The lowest BCUT2D eigenvalue weighted by Crippen LogP contribution is -2.38. The predicted molar refractivity (Wildman–Crippen MR) is 115 cm³/mol. The van der Waals surface area contributed by atoms with E-state index in [2.05, 4.69) is 54.7 Å². The Balaban J connectivity index is 1.47. The van der Waals surface area contributed by atoms with E-state index in [0.717, 1.165) is 62.2 Å². The number of thiazole rings is 1. The van der Waals surface area contributed by atoms with Crippen molar-refractivity contribution in [3.8, 4) is 0 Å². The van der Waals surface area contributed by atoms with Crippen LogP contribution >= 0.6 is 11.3 Å². The van der Waals surface area contributed by atoms with Gasteiger partial charge in [-0.15, -0.1) is 11.3 Å². The number of aliphatic hydroxyl groups is 1. The molecule has 1 saturated heterocycles. The molecule has 1 aromatic heterocycles. The second kappa shape index (κ2) is 10.0. The first-order chi connectivity index (χ1) is 13.5. The van der Waals surface area contributed by atoms with Crippen molar-refractivity contribution >= 4 is 17.3 Å². The molecule has 3 rings (SSSR count). The van der Waals surface area contributed by atoms with Crippen LogP contribution in [0.2, 0.25) is 0 Å². The summed E-state index contributed by atoms with van der Waals surface area (Å²) in [6.45, 7) is 6.42. The Labute approximate surface area is 171 Å². The Bertz CT molecular complexity index is 765. The molecule has 2 aromatic rings. The summed E-state index contributed by atoms with van der Waals surface area (Å²) in [5, 5.41) is 16.2. The molecule has 2 heterocycles. The van der Waals surface area contributed by atoms with Gasteiger partial charge < -0.3 is 15.3 Å². The summed E-state index contributed by atoms with van der Waals surface area (Å²) in [6.07, 6.45) is 1.65. The Morgan fingerprint density at radius 3 is 2.57 bits per heavy atom. The second-order valence-corrected chi connectivity index (χ2v) is 8.50. The number of benzene rings is 1. The van der Waals surface area contributed by atoms with Crippen LogP contribution in [0.15, 0.2) is 34.6 Å². The van der Waals surface area contributed by atoms with Crippen molar-refractivity contribution in [3.63, 3.8) is 0 Å². The highest BCUT2D eigenvalue weighted by molar-refractivity contribution is 7.09. The van der Waals surface area contributed by atoms with Crippen molar-refractivity contribution < 1.29 is 5.11 Å². The fourth-order valence-corrected chi connectivity index (χ4v) is 4.07. The van der Waals surface area contributed by atoms with E-state index < -0.39 is 0 Å². The molecule has 152 valence electrons. The van der Waals surface area contributed by atoms with E-state index in [4.69, 9.17) is 0 Å². The molecule has 2 N–H and O–H groups in total. The number of aromatic nitrogens is 1. The molecule has 6 nitrogen and oxygen atoms in total. The highest BCUT2D eigenvalue weighted by Gasteiger charge is 2.16. The molecule has 0 spiro atoms. The van der Waals surface area contributed by atoms with E-state index in [1.165, 1.54) is 11.1 Å². The van der Waals surface area contributed by atoms with Crippen molar-refractivity contribution in [1.29, 1.82) is 0 Å². The molecule has 0 unspecified atom stereocenters. The van der Waals surface area contributed by atoms with E-state index in [9.17, 15) is 5.11 Å². The third-order valence-corrected chi connectivity index (χ3v) is 5.90. The normalized spacial score (nSPS) is 16.4. The zero-order valence-electron chi connectivity index (χ0n) is 17.1. The van der Waals surface area contributed by atoms with Crippen LogP contribution < -0.4 is 5.32 Å². The first-order valence-electron chi connectivity index (χ1n) is 9.84. The van der Waals surface area contributed by atoms with Gasteiger partial charge in [-0.1, -0.05) is 24.3 Å². The van der Waals surface area contributed by atoms with Crippen LogP contribution in [0.25, 0.3) is 0 Å². The molecular formula is C21H31N5OS. The standard InChI is InChI=1S/C21H31N5OS/c1-16-24-19(15-28-16)14-25(3)21(22-2)23-12-17-4-6-18(7-5-17)13-26-10-8-20(27)9-11-26/h4-7,15,20,27H,8-14H2,1-3H3,(H,22,23). The molecule has 0 saturated carbocycles. The Kier molecular flexibility index (Phi) is 7.42. The smallest absolute Gasteiger partial charge is 0.194 e. The zero-order valence-corrected chi connectivity index (χ0v) is 17.9. The van der Waals surface area contributed by atoms with Gasteiger partial charge in [0.1, 0.15) is 0 Å². The maximum absolute atomic E-state index is 9.63. The lowest BCUT2D eigenvalue weighted by molar-refractivity contribution is 0.0792. The molecule has 0 amide bonds. The summed E-state index contributed by atoms with van der Waals surface area (Å²) in [7, 11) is 3.84. The first-order valence-corrected chi connectivity index (χ1v) is 10.7. The van der Waals surface area contributed by atoms with Gasteiger partial charge in [-0.25, -0.2) is 4.98 Å². The quantitative estimate of drug-likeness (QED) is 0.575. The molecule has 0 atom stereocenters. The van der Waals surface area contributed by atoms with Gasteiger partial charge in [-0.05, 0) is 30.9 Å². The topological polar surface area (TPSA) is 64.0 Å². The zero-order chi connectivity index (χ0) is 19.9. The number of aryl methyl sites for hydroxylation is 1. The van der Waals surface area contributed by atoms with Crippen LogP contribution in [0.5, 0.6) is 0 Å². The van der Waals surface area contributed by atoms with Crippen LogP contribution in [-0.2, 0) is 19.6 Å². The molecular weight excluding hydrogens is 370 g/mol. The van der Waals surface area contributed by atoms with Crippen molar-refractivity contribution in [2.24, 2.45) is 4.99 Å². The predicted octanol–water partition coefficient (Wildman–Crippen LogP) is 2.62. The van der Waals surface area contributed by atoms with Crippen LogP contribution in [0, 0.1) is 6.92 Å². The summed E-state index contributed by atoms with van der Waals surface area (Å²) in [4.78, 5) is 13.4. The third-order valence-electron chi connectivity index (χ3n) is 5.08. The lowest BCUT2D eigenvalue weighted by atomic mass is 10.1. The van der Waals surface area contributed by atoms with Gasteiger partial charge in [0.15, 0.2) is 5.96 Å². The van der Waals surface area contributed by atoms with Gasteiger partial charge in [-0.2, -0.15) is 0 Å². The van der Waals surface area contributed by atoms with Crippen molar-refractivity contribution in [1.82, 2.24) is 20.1 Å². The number of likely N-dealkylation sites (tertiary alicyclic amines) is 1. The SMILES string of the molecule is CN=C(NCc1ccc(CN2CCC(O)CC2)cc1)N(C)Cc1csc(C)n1. The third kappa shape index (κ3) is 6.02. The molecule has 0 bridgehead atoms. The molecule has 1 aromatic carbocycles. The molecule has 1 aliphatic heterocycles. The Morgan fingerprint density at radius 1 is 1.29 bits per heavy atom. The number of guanidine groups is 1. The number of piperidine rings is 1. The minimum Gasteiger partial charge on any atom is -0.393 e. The minimum atomic E-state index is -0.114. The van der Waals surface area contributed by atoms with Gasteiger partial charge in [0.05, 0.1) is 23.4 Å². The summed E-state index contributed by atoms with van der Waals surface area (Å²) < 4.78 is 0. The average molecular weight is 402 g/mol. The highest BCUT2D eigenvalue weighted by Crippen LogP contribution is 2.14. The minimum absolute atomic E-state index is 0.114. The van der Waals surface area contributed by atoms with Crippen molar-refractivity contribution in [2.75, 3.05) is 27.2 Å². The van der Waals surface area contributed by atoms with Crippen LogP contribution in [0.1, 0.15) is 34.7 Å². The molecule has 0 aliphatic carbocycles. The van der Waals surface area contributed by atoms with Crippen molar-refractivity contribution in [2.45, 2.75) is 45.5 Å². The van der Waals surface area contributed by atoms with Gasteiger partial charge in [0.2, 0.25) is 0 Å². The molecule has 7 heteroatoms. The van der Waals surface area contributed by atoms with E-state index in [0.29, 0.717) is 0 Å². The van der Waals surface area contributed by atoms with Gasteiger partial charge in [0.25, 0.3) is 0 Å². The maximum atomic E-state index is 9.63. The highest BCUT2D eigenvalue weighted by atomic mass is 32.1. The van der Waals surface area contributed by atoms with E-state index >= 15 is 0 Å². The van der Waals surface area contributed by atoms with Crippen LogP contribution in [0.3, 0.4) is 0 Å². The van der Waals surface area contributed by atoms with E-state index in [1.807, 2.05) is 21.0 Å². The summed E-state index contributed by atoms with van der Waals surface area (Å²) in [5.41, 5.74) is 3.62. The molecule has 28 heavy (non-hydrogen) atoms. The average Bonchev–Trinajstić information content (AvgIpc) is 3.10. The van der Waals surface area contributed by atoms with Gasteiger partial charge in [-0.3, -0.25) is 9.89 Å².